The van der Waals surface area contributed by atoms with Gasteiger partial charge in [0.15, 0.2) is 6.10 Å². The van der Waals surface area contributed by atoms with E-state index in [2.05, 4.69) is 31.9 Å². The highest BCUT2D eigenvalue weighted by molar-refractivity contribution is 9.11. The summed E-state index contributed by atoms with van der Waals surface area (Å²) in [6.07, 6.45) is 0.256. The molecule has 0 saturated carbocycles. The number of ether oxygens (including phenoxy) is 1. The molecule has 0 saturated heterocycles. The number of likely N-dealkylation sites (N-methyl/N-ethyl adjacent to an activating group) is 1. The smallest absolute Gasteiger partial charge is 0.262 e. The summed E-state index contributed by atoms with van der Waals surface area (Å²) in [6.45, 7) is 2.32. The Labute approximate surface area is 130 Å². The number of nitrogens with zero attached hydrogens (tertiary/aromatic N) is 1. The Morgan fingerprint density at radius 2 is 1.89 bits per heavy atom. The first kappa shape index (κ1) is 16.5. The summed E-state index contributed by atoms with van der Waals surface area (Å²) >= 11 is 6.92. The van der Waals surface area contributed by atoms with Crippen LogP contribution in [-0.2, 0) is 11.2 Å². The third-order valence-electron chi connectivity index (χ3n) is 2.57. The number of nitrogens with two attached hydrogens (primary N) is 1. The highest BCUT2D eigenvalue weighted by Gasteiger charge is 2.19. The highest BCUT2D eigenvalue weighted by atomic mass is 79.9. The molecule has 1 aromatic carbocycles. The Balaban J connectivity index is 2.93. The van der Waals surface area contributed by atoms with Crippen LogP contribution in [0.25, 0.3) is 0 Å². The van der Waals surface area contributed by atoms with E-state index in [-0.39, 0.29) is 5.91 Å². The predicted molar refractivity (Wildman–Crippen MR) is 83.4 cm³/mol. The lowest BCUT2D eigenvalue weighted by molar-refractivity contribution is -0.135. The second-order valence-electron chi connectivity index (χ2n) is 4.42. The molecule has 0 aromatic heterocycles. The van der Waals surface area contributed by atoms with Crippen molar-refractivity contribution in [2.45, 2.75) is 19.4 Å². The molecule has 106 valence electrons. The molecule has 0 radical (unpaired) electrons. The van der Waals surface area contributed by atoms with Gasteiger partial charge in [0.2, 0.25) is 0 Å². The van der Waals surface area contributed by atoms with E-state index < -0.39 is 6.10 Å². The molecular weight excluding hydrogens is 376 g/mol. The Hall–Kier alpha value is -0.590. The number of carbonyl (C=O) groups is 1. The number of hydrogen-bond acceptors (Lipinski definition) is 3. The van der Waals surface area contributed by atoms with E-state index >= 15 is 0 Å². The van der Waals surface area contributed by atoms with Crippen molar-refractivity contribution < 1.29 is 9.53 Å². The van der Waals surface area contributed by atoms with E-state index in [4.69, 9.17) is 10.5 Å². The number of benzene rings is 1. The summed E-state index contributed by atoms with van der Waals surface area (Å²) in [5, 5.41) is 0. The number of rotatable bonds is 5. The fourth-order valence-corrected chi connectivity index (χ4v) is 3.09. The van der Waals surface area contributed by atoms with Gasteiger partial charge >= 0.3 is 0 Å². The molecule has 1 unspecified atom stereocenters. The van der Waals surface area contributed by atoms with Gasteiger partial charge in [-0.1, -0.05) is 0 Å². The Morgan fingerprint density at radius 1 is 1.37 bits per heavy atom. The minimum atomic E-state index is -0.539. The van der Waals surface area contributed by atoms with Gasteiger partial charge in [-0.05, 0) is 69.4 Å². The molecule has 0 aliphatic heterocycles. The minimum absolute atomic E-state index is 0.0789. The molecule has 1 atom stereocenters. The van der Waals surface area contributed by atoms with E-state index in [0.717, 1.165) is 20.9 Å². The summed E-state index contributed by atoms with van der Waals surface area (Å²) in [4.78, 5) is 13.3. The SMILES string of the molecule is CC(Oc1c(Br)cc(CCN)cc1Br)C(=O)N(C)C. The first-order valence-corrected chi connectivity index (χ1v) is 7.51. The summed E-state index contributed by atoms with van der Waals surface area (Å²) in [7, 11) is 3.41. The van der Waals surface area contributed by atoms with E-state index in [1.807, 2.05) is 12.1 Å². The van der Waals surface area contributed by atoms with Crippen molar-refractivity contribution in [3.63, 3.8) is 0 Å². The molecule has 1 amide bonds. The average molecular weight is 394 g/mol. The summed E-state index contributed by atoms with van der Waals surface area (Å²) < 4.78 is 7.33. The van der Waals surface area contributed by atoms with E-state index in [9.17, 15) is 4.79 Å². The summed E-state index contributed by atoms with van der Waals surface area (Å²) in [5.41, 5.74) is 6.65. The number of carbonyl (C=O) groups excluding carboxylic acids is 1. The van der Waals surface area contributed by atoms with Crippen LogP contribution in [0, 0.1) is 0 Å². The van der Waals surface area contributed by atoms with Crippen LogP contribution < -0.4 is 10.5 Å². The molecule has 4 nitrogen and oxygen atoms in total. The second kappa shape index (κ2) is 7.26. The molecule has 0 heterocycles. The van der Waals surface area contributed by atoms with Gasteiger partial charge in [0.25, 0.3) is 5.91 Å². The molecule has 2 N–H and O–H groups in total. The van der Waals surface area contributed by atoms with E-state index in [0.29, 0.717) is 12.3 Å². The lowest BCUT2D eigenvalue weighted by atomic mass is 10.1. The second-order valence-corrected chi connectivity index (χ2v) is 6.13. The van der Waals surface area contributed by atoms with Gasteiger partial charge in [-0.25, -0.2) is 0 Å². The molecule has 0 bridgehead atoms. The van der Waals surface area contributed by atoms with Crippen molar-refractivity contribution in [3.05, 3.63) is 26.6 Å². The fourth-order valence-electron chi connectivity index (χ4n) is 1.63. The van der Waals surface area contributed by atoms with Crippen LogP contribution in [0.1, 0.15) is 12.5 Å². The molecule has 19 heavy (non-hydrogen) atoms. The lowest BCUT2D eigenvalue weighted by Gasteiger charge is -2.20. The van der Waals surface area contributed by atoms with Gasteiger partial charge in [-0.15, -0.1) is 0 Å². The van der Waals surface area contributed by atoms with Gasteiger partial charge < -0.3 is 15.4 Å². The molecule has 0 spiro atoms. The summed E-state index contributed by atoms with van der Waals surface area (Å²) in [5.74, 6) is 0.549. The molecule has 6 heteroatoms. The van der Waals surface area contributed by atoms with E-state index in [1.165, 1.54) is 4.90 Å². The first-order valence-electron chi connectivity index (χ1n) is 5.92. The van der Waals surface area contributed by atoms with Crippen LogP contribution in [0.2, 0.25) is 0 Å². The molecule has 0 aliphatic rings. The molecule has 1 aromatic rings. The third kappa shape index (κ3) is 4.47. The summed E-state index contributed by atoms with van der Waals surface area (Å²) in [6, 6.07) is 3.92. The Kier molecular flexibility index (Phi) is 6.29. The lowest BCUT2D eigenvalue weighted by Crippen LogP contribution is -2.35. The number of halogens is 2. The topological polar surface area (TPSA) is 55.6 Å². The Morgan fingerprint density at radius 3 is 2.32 bits per heavy atom. The van der Waals surface area contributed by atoms with Gasteiger partial charge in [-0.2, -0.15) is 0 Å². The maximum absolute atomic E-state index is 11.8. The average Bonchev–Trinajstić information content (AvgIpc) is 2.32. The molecule has 0 aliphatic carbocycles. The maximum atomic E-state index is 11.8. The van der Waals surface area contributed by atoms with Crippen molar-refractivity contribution in [1.29, 1.82) is 0 Å². The van der Waals surface area contributed by atoms with Gasteiger partial charge in [-0.3, -0.25) is 4.79 Å². The van der Waals surface area contributed by atoms with Crippen LogP contribution in [0.15, 0.2) is 21.1 Å². The third-order valence-corrected chi connectivity index (χ3v) is 3.75. The quantitative estimate of drug-likeness (QED) is 0.836. The molecular formula is C13H18Br2N2O2. The zero-order chi connectivity index (χ0) is 14.6. The largest absolute Gasteiger partial charge is 0.479 e. The highest BCUT2D eigenvalue weighted by Crippen LogP contribution is 2.35. The van der Waals surface area contributed by atoms with Crippen LogP contribution >= 0.6 is 31.9 Å². The van der Waals surface area contributed by atoms with Gasteiger partial charge in [0, 0.05) is 14.1 Å². The number of hydrogen-bond donors (Lipinski definition) is 1. The Bertz CT molecular complexity index is 441. The normalized spacial score (nSPS) is 12.1. The molecule has 1 rings (SSSR count). The van der Waals surface area contributed by atoms with Crippen molar-refractivity contribution in [3.8, 4) is 5.75 Å². The predicted octanol–water partition coefficient (Wildman–Crippen LogP) is 2.57. The fraction of sp³-hybridized carbons (Fsp3) is 0.462. The monoisotopic (exact) mass is 392 g/mol. The molecule has 0 fully saturated rings. The first-order chi connectivity index (χ1) is 8.86. The van der Waals surface area contributed by atoms with Crippen molar-refractivity contribution >= 4 is 37.8 Å². The van der Waals surface area contributed by atoms with Crippen molar-refractivity contribution in [2.24, 2.45) is 5.73 Å². The van der Waals surface area contributed by atoms with E-state index in [1.54, 1.807) is 21.0 Å². The van der Waals surface area contributed by atoms with Crippen LogP contribution in [0.4, 0.5) is 0 Å². The van der Waals surface area contributed by atoms with Crippen LogP contribution in [0.5, 0.6) is 5.75 Å². The minimum Gasteiger partial charge on any atom is -0.479 e. The van der Waals surface area contributed by atoms with Crippen molar-refractivity contribution in [2.75, 3.05) is 20.6 Å². The van der Waals surface area contributed by atoms with Gasteiger partial charge in [0.05, 0.1) is 8.95 Å². The van der Waals surface area contributed by atoms with Crippen LogP contribution in [0.3, 0.4) is 0 Å². The zero-order valence-corrected chi connectivity index (χ0v) is 14.4. The maximum Gasteiger partial charge on any atom is 0.262 e. The standard InChI is InChI=1S/C13H18Br2N2O2/c1-8(13(18)17(2)3)19-12-10(14)6-9(4-5-16)7-11(12)15/h6-8H,4-5,16H2,1-3H3. The number of amides is 1. The van der Waals surface area contributed by atoms with Gasteiger partial charge in [0.1, 0.15) is 5.75 Å². The van der Waals surface area contributed by atoms with Crippen LogP contribution in [-0.4, -0.2) is 37.6 Å². The zero-order valence-electron chi connectivity index (χ0n) is 11.2. The van der Waals surface area contributed by atoms with Crippen molar-refractivity contribution in [1.82, 2.24) is 4.90 Å².